The maximum Gasteiger partial charge on any atom is 0.165 e. The molecule has 1 aromatic carbocycles. The number of thioether (sulfide) groups is 1. The molecule has 1 unspecified atom stereocenters. The molecule has 1 fully saturated rings. The summed E-state index contributed by atoms with van der Waals surface area (Å²) in [5.41, 5.74) is 1.21. The molecule has 98 valence electrons. The van der Waals surface area contributed by atoms with Gasteiger partial charge in [0.15, 0.2) is 11.5 Å². The van der Waals surface area contributed by atoms with Crippen LogP contribution in [-0.4, -0.2) is 30.8 Å². The number of benzene rings is 1. The van der Waals surface area contributed by atoms with E-state index in [2.05, 4.69) is 11.4 Å². The van der Waals surface area contributed by atoms with Crippen molar-refractivity contribution in [1.82, 2.24) is 5.32 Å². The smallest absolute Gasteiger partial charge is 0.165 e. The van der Waals surface area contributed by atoms with Crippen molar-refractivity contribution in [3.63, 3.8) is 0 Å². The van der Waals surface area contributed by atoms with Crippen LogP contribution in [0, 0.1) is 0 Å². The van der Waals surface area contributed by atoms with Gasteiger partial charge in [-0.2, -0.15) is 11.8 Å². The average Bonchev–Trinajstić information content (AvgIpc) is 2.79. The molecular weight excluding hydrogens is 246 g/mol. The Kier molecular flexibility index (Phi) is 3.96. The highest BCUT2D eigenvalue weighted by molar-refractivity contribution is 7.99. The molecule has 1 N–H and O–H groups in total. The number of para-hydroxylation sites is 1. The van der Waals surface area contributed by atoms with Crippen molar-refractivity contribution in [2.75, 3.05) is 24.7 Å². The molecule has 0 spiro atoms. The van der Waals surface area contributed by atoms with E-state index in [9.17, 15) is 0 Å². The average molecular weight is 265 g/mol. The monoisotopic (exact) mass is 265 g/mol. The fourth-order valence-electron chi connectivity index (χ4n) is 2.34. The van der Waals surface area contributed by atoms with Gasteiger partial charge in [0.25, 0.3) is 0 Å². The van der Waals surface area contributed by atoms with E-state index in [0.717, 1.165) is 37.7 Å². The molecule has 1 aromatic rings. The van der Waals surface area contributed by atoms with Gasteiger partial charge in [-0.25, -0.2) is 0 Å². The molecule has 0 amide bonds. The number of hydrogen-bond donors (Lipinski definition) is 1. The van der Waals surface area contributed by atoms with Crippen molar-refractivity contribution >= 4 is 11.8 Å². The van der Waals surface area contributed by atoms with Crippen LogP contribution >= 0.6 is 11.8 Å². The Hall–Kier alpha value is -0.870. The lowest BCUT2D eigenvalue weighted by atomic mass is 10.1. The minimum atomic E-state index is 0.651. The highest BCUT2D eigenvalue weighted by Gasteiger charge is 2.17. The summed E-state index contributed by atoms with van der Waals surface area (Å²) in [6.45, 7) is 2.38. The number of ether oxygens (including phenoxy) is 2. The van der Waals surface area contributed by atoms with Crippen molar-refractivity contribution < 1.29 is 9.47 Å². The molecule has 0 aliphatic carbocycles. The van der Waals surface area contributed by atoms with E-state index in [0.29, 0.717) is 6.04 Å². The van der Waals surface area contributed by atoms with E-state index >= 15 is 0 Å². The van der Waals surface area contributed by atoms with Crippen LogP contribution in [0.5, 0.6) is 11.5 Å². The molecule has 0 bridgehead atoms. The van der Waals surface area contributed by atoms with Crippen LogP contribution in [0.2, 0.25) is 0 Å². The Bertz CT molecular complexity index is 405. The summed E-state index contributed by atoms with van der Waals surface area (Å²) in [4.78, 5) is 0. The summed E-state index contributed by atoms with van der Waals surface area (Å²) >= 11 is 2.03. The Morgan fingerprint density at radius 1 is 1.28 bits per heavy atom. The van der Waals surface area contributed by atoms with Crippen LogP contribution < -0.4 is 14.8 Å². The summed E-state index contributed by atoms with van der Waals surface area (Å²) in [5.74, 6) is 4.34. The van der Waals surface area contributed by atoms with Gasteiger partial charge in [-0.05, 0) is 18.2 Å². The zero-order valence-electron chi connectivity index (χ0n) is 10.5. The van der Waals surface area contributed by atoms with Gasteiger partial charge in [0.1, 0.15) is 0 Å². The highest BCUT2D eigenvalue weighted by Crippen LogP contribution is 2.33. The largest absolute Gasteiger partial charge is 0.490 e. The quantitative estimate of drug-likeness (QED) is 0.909. The Morgan fingerprint density at radius 3 is 3.11 bits per heavy atom. The summed E-state index contributed by atoms with van der Waals surface area (Å²) in [7, 11) is 0. The second kappa shape index (κ2) is 5.85. The van der Waals surface area contributed by atoms with Crippen molar-refractivity contribution in [3.8, 4) is 11.5 Å². The van der Waals surface area contributed by atoms with E-state index in [1.54, 1.807) is 0 Å². The number of fused-ring (bicyclic) bond motifs is 1. The van der Waals surface area contributed by atoms with Crippen LogP contribution in [0.4, 0.5) is 0 Å². The highest BCUT2D eigenvalue weighted by atomic mass is 32.2. The van der Waals surface area contributed by atoms with E-state index < -0.39 is 0 Å². The predicted molar refractivity (Wildman–Crippen MR) is 74.6 cm³/mol. The molecule has 2 heterocycles. The molecule has 0 saturated carbocycles. The molecule has 3 nitrogen and oxygen atoms in total. The second-order valence-electron chi connectivity index (χ2n) is 4.74. The number of hydrogen-bond acceptors (Lipinski definition) is 4. The van der Waals surface area contributed by atoms with Crippen molar-refractivity contribution in [2.24, 2.45) is 0 Å². The number of rotatable bonds is 3. The van der Waals surface area contributed by atoms with Crippen LogP contribution in [0.1, 0.15) is 18.4 Å². The van der Waals surface area contributed by atoms with Crippen molar-refractivity contribution in [2.45, 2.75) is 25.4 Å². The number of nitrogens with one attached hydrogen (secondary N) is 1. The normalized spacial score (nSPS) is 22.8. The third-order valence-corrected chi connectivity index (χ3v) is 4.53. The lowest BCUT2D eigenvalue weighted by Crippen LogP contribution is -2.28. The molecule has 4 heteroatoms. The second-order valence-corrected chi connectivity index (χ2v) is 5.89. The Balaban J connectivity index is 1.70. The van der Waals surface area contributed by atoms with Gasteiger partial charge in [0.05, 0.1) is 13.2 Å². The summed E-state index contributed by atoms with van der Waals surface area (Å²) in [6, 6.07) is 6.82. The SMILES string of the molecule is c1cc(CNC2CCSC2)c2c(c1)OCCCO2. The van der Waals surface area contributed by atoms with Gasteiger partial charge in [0.2, 0.25) is 0 Å². The van der Waals surface area contributed by atoms with E-state index in [1.165, 1.54) is 23.5 Å². The molecule has 1 saturated heterocycles. The third-order valence-electron chi connectivity index (χ3n) is 3.36. The summed E-state index contributed by atoms with van der Waals surface area (Å²) < 4.78 is 11.5. The van der Waals surface area contributed by atoms with Gasteiger partial charge >= 0.3 is 0 Å². The van der Waals surface area contributed by atoms with Gasteiger partial charge in [-0.15, -0.1) is 0 Å². The van der Waals surface area contributed by atoms with Crippen molar-refractivity contribution in [3.05, 3.63) is 23.8 Å². The molecular formula is C14H19NO2S. The standard InChI is InChI=1S/C14H19NO2S/c1-3-11(9-15-12-5-8-18-10-12)14-13(4-1)16-6-2-7-17-14/h1,3-4,12,15H,2,5-10H2. The Morgan fingerprint density at radius 2 is 2.22 bits per heavy atom. The minimum absolute atomic E-state index is 0.651. The predicted octanol–water partition coefficient (Wildman–Crippen LogP) is 2.44. The summed E-state index contributed by atoms with van der Waals surface area (Å²) in [5, 5.41) is 3.61. The lowest BCUT2D eigenvalue weighted by Gasteiger charge is -2.15. The first-order chi connectivity index (χ1) is 8.93. The maximum absolute atomic E-state index is 5.82. The van der Waals surface area contributed by atoms with Gasteiger partial charge < -0.3 is 14.8 Å². The molecule has 18 heavy (non-hydrogen) atoms. The van der Waals surface area contributed by atoms with Crippen LogP contribution in [0.15, 0.2) is 18.2 Å². The van der Waals surface area contributed by atoms with Crippen molar-refractivity contribution in [1.29, 1.82) is 0 Å². The first-order valence-electron chi connectivity index (χ1n) is 6.62. The molecule has 0 aromatic heterocycles. The first kappa shape index (κ1) is 12.2. The molecule has 2 aliphatic heterocycles. The third kappa shape index (κ3) is 2.75. The molecule has 3 rings (SSSR count). The van der Waals surface area contributed by atoms with E-state index in [4.69, 9.17) is 9.47 Å². The maximum atomic E-state index is 5.82. The molecule has 2 aliphatic rings. The van der Waals surface area contributed by atoms with Gasteiger partial charge in [-0.3, -0.25) is 0 Å². The summed E-state index contributed by atoms with van der Waals surface area (Å²) in [6.07, 6.45) is 2.23. The van der Waals surface area contributed by atoms with Crippen LogP contribution in [0.25, 0.3) is 0 Å². The minimum Gasteiger partial charge on any atom is -0.490 e. The van der Waals surface area contributed by atoms with E-state index in [1.807, 2.05) is 23.9 Å². The molecule has 0 radical (unpaired) electrons. The lowest BCUT2D eigenvalue weighted by molar-refractivity contribution is 0.295. The zero-order valence-corrected chi connectivity index (χ0v) is 11.3. The fraction of sp³-hybridized carbons (Fsp3) is 0.571. The van der Waals surface area contributed by atoms with Gasteiger partial charge in [0, 0.05) is 30.3 Å². The Labute approximate surface area is 112 Å². The zero-order chi connectivity index (χ0) is 12.2. The van der Waals surface area contributed by atoms with Crippen LogP contribution in [-0.2, 0) is 6.54 Å². The fourth-order valence-corrected chi connectivity index (χ4v) is 3.53. The van der Waals surface area contributed by atoms with Crippen LogP contribution in [0.3, 0.4) is 0 Å². The first-order valence-corrected chi connectivity index (χ1v) is 7.77. The molecule has 1 atom stereocenters. The topological polar surface area (TPSA) is 30.5 Å². The van der Waals surface area contributed by atoms with E-state index in [-0.39, 0.29) is 0 Å². The van der Waals surface area contributed by atoms with Gasteiger partial charge in [-0.1, -0.05) is 12.1 Å².